The number of aromatic nitrogens is 1. The van der Waals surface area contributed by atoms with Crippen LogP contribution < -0.4 is 5.32 Å². The molecule has 2 atom stereocenters. The zero-order valence-electron chi connectivity index (χ0n) is 17.2. The summed E-state index contributed by atoms with van der Waals surface area (Å²) in [5, 5.41) is 5.21. The maximum absolute atomic E-state index is 13.2. The summed E-state index contributed by atoms with van der Waals surface area (Å²) in [7, 11) is 2.26. The third kappa shape index (κ3) is 2.74. The molecular formula is C25H26ClN3O. The maximum atomic E-state index is 13.2. The van der Waals surface area contributed by atoms with Gasteiger partial charge < -0.3 is 9.88 Å². The number of nitrogens with zero attached hydrogens (tertiary/aromatic N) is 2. The first-order chi connectivity index (χ1) is 14.6. The molecule has 1 saturated heterocycles. The lowest BCUT2D eigenvalue weighted by Crippen LogP contribution is -2.35. The number of benzene rings is 2. The highest BCUT2D eigenvalue weighted by Gasteiger charge is 2.51. The van der Waals surface area contributed by atoms with Gasteiger partial charge in [0.25, 0.3) is 0 Å². The van der Waals surface area contributed by atoms with Crippen LogP contribution in [0.3, 0.4) is 0 Å². The Morgan fingerprint density at radius 2 is 1.97 bits per heavy atom. The van der Waals surface area contributed by atoms with E-state index in [-0.39, 0.29) is 11.3 Å². The number of likely N-dealkylation sites (N-methyl/N-ethyl adjacent to an activating group) is 1. The third-order valence-corrected chi connectivity index (χ3v) is 7.84. The molecule has 30 heavy (non-hydrogen) atoms. The molecule has 2 fully saturated rings. The minimum Gasteiger partial charge on any atom is -0.343 e. The molecule has 1 saturated carbocycles. The quantitative estimate of drug-likeness (QED) is 0.614. The average Bonchev–Trinajstić information content (AvgIpc) is 3.43. The lowest BCUT2D eigenvalue weighted by atomic mass is 9.97. The van der Waals surface area contributed by atoms with Gasteiger partial charge in [0.2, 0.25) is 5.91 Å². The second-order valence-electron chi connectivity index (χ2n) is 9.33. The van der Waals surface area contributed by atoms with Crippen LogP contribution >= 0.6 is 11.6 Å². The molecule has 3 aliphatic rings. The summed E-state index contributed by atoms with van der Waals surface area (Å²) in [6.07, 6.45) is 5.41. The van der Waals surface area contributed by atoms with Crippen LogP contribution in [0.1, 0.15) is 43.0 Å². The molecule has 2 unspecified atom stereocenters. The Labute approximate surface area is 181 Å². The largest absolute Gasteiger partial charge is 0.343 e. The Morgan fingerprint density at radius 3 is 2.73 bits per heavy atom. The molecule has 2 bridgehead atoms. The molecule has 1 amide bonds. The summed E-state index contributed by atoms with van der Waals surface area (Å²) in [6, 6.07) is 17.1. The van der Waals surface area contributed by atoms with Gasteiger partial charge in [-0.05, 0) is 68.6 Å². The fourth-order valence-electron chi connectivity index (χ4n) is 5.70. The van der Waals surface area contributed by atoms with Gasteiger partial charge in [-0.3, -0.25) is 9.69 Å². The zero-order valence-corrected chi connectivity index (χ0v) is 18.0. The van der Waals surface area contributed by atoms with E-state index >= 15 is 0 Å². The Morgan fingerprint density at radius 1 is 1.17 bits per heavy atom. The molecule has 3 aromatic rings. The van der Waals surface area contributed by atoms with Crippen LogP contribution in [0.5, 0.6) is 0 Å². The standard InChI is InChI=1S/C25H26ClN3O/c1-28-18-8-10-21(28)23-19-13-16(26)7-9-20(19)29(22(23)14-18)15-25(11-12-25)24(30)27-17-5-3-2-4-6-17/h2-7,9,13,18,21H,8,10-12,14-15H2,1H3,(H,27,30). The number of rotatable bonds is 4. The predicted octanol–water partition coefficient (Wildman–Crippen LogP) is 5.41. The molecule has 0 spiro atoms. The zero-order chi connectivity index (χ0) is 20.5. The first kappa shape index (κ1) is 18.5. The van der Waals surface area contributed by atoms with Crippen molar-refractivity contribution in [3.05, 3.63) is 64.8 Å². The number of anilines is 1. The van der Waals surface area contributed by atoms with Crippen molar-refractivity contribution in [2.45, 2.75) is 50.7 Å². The number of halogens is 1. The number of hydrogen-bond acceptors (Lipinski definition) is 2. The number of para-hydroxylation sites is 1. The van der Waals surface area contributed by atoms with Gasteiger partial charge in [-0.2, -0.15) is 0 Å². The lowest BCUT2D eigenvalue weighted by Gasteiger charge is -2.33. The second-order valence-corrected chi connectivity index (χ2v) is 9.76. The van der Waals surface area contributed by atoms with Crippen molar-refractivity contribution >= 4 is 34.1 Å². The smallest absolute Gasteiger partial charge is 0.232 e. The first-order valence-electron chi connectivity index (χ1n) is 10.9. The van der Waals surface area contributed by atoms with Gasteiger partial charge in [0, 0.05) is 52.4 Å². The van der Waals surface area contributed by atoms with E-state index in [0.717, 1.165) is 36.5 Å². The van der Waals surface area contributed by atoms with E-state index in [4.69, 9.17) is 11.6 Å². The lowest BCUT2D eigenvalue weighted by molar-refractivity contribution is -0.121. The summed E-state index contributed by atoms with van der Waals surface area (Å²) in [5.74, 6) is 0.147. The van der Waals surface area contributed by atoms with Crippen LogP contribution in [0.15, 0.2) is 48.5 Å². The summed E-state index contributed by atoms with van der Waals surface area (Å²) in [6.45, 7) is 0.752. The fourth-order valence-corrected chi connectivity index (χ4v) is 5.88. The molecule has 4 nitrogen and oxygen atoms in total. The van der Waals surface area contributed by atoms with E-state index in [1.165, 1.54) is 35.0 Å². The number of carbonyl (C=O) groups is 1. The average molecular weight is 420 g/mol. The van der Waals surface area contributed by atoms with E-state index in [0.29, 0.717) is 12.1 Å². The van der Waals surface area contributed by atoms with Gasteiger partial charge in [0.05, 0.1) is 5.41 Å². The normalized spacial score (nSPS) is 24.1. The third-order valence-electron chi connectivity index (χ3n) is 7.61. The molecule has 2 aliphatic heterocycles. The highest BCUT2D eigenvalue weighted by Crippen LogP contribution is 2.52. The van der Waals surface area contributed by atoms with E-state index in [1.54, 1.807) is 0 Å². The van der Waals surface area contributed by atoms with Gasteiger partial charge in [-0.1, -0.05) is 29.8 Å². The van der Waals surface area contributed by atoms with Crippen molar-refractivity contribution in [2.75, 3.05) is 12.4 Å². The van der Waals surface area contributed by atoms with Crippen molar-refractivity contribution < 1.29 is 4.79 Å². The summed E-state index contributed by atoms with van der Waals surface area (Å²) < 4.78 is 2.46. The Kier molecular flexibility index (Phi) is 4.06. The molecule has 1 aliphatic carbocycles. The fraction of sp³-hybridized carbons (Fsp3) is 0.400. The summed E-state index contributed by atoms with van der Waals surface area (Å²) in [5.41, 5.74) is 4.67. The van der Waals surface area contributed by atoms with Crippen LogP contribution in [0, 0.1) is 5.41 Å². The summed E-state index contributed by atoms with van der Waals surface area (Å²) >= 11 is 6.41. The van der Waals surface area contributed by atoms with Crippen molar-refractivity contribution in [1.29, 1.82) is 0 Å². The first-order valence-corrected chi connectivity index (χ1v) is 11.3. The van der Waals surface area contributed by atoms with Crippen molar-refractivity contribution in [2.24, 2.45) is 5.41 Å². The molecule has 3 heterocycles. The van der Waals surface area contributed by atoms with E-state index in [1.807, 2.05) is 36.4 Å². The minimum atomic E-state index is -0.308. The number of nitrogens with one attached hydrogen (secondary N) is 1. The molecule has 2 aromatic carbocycles. The molecule has 1 aromatic heterocycles. The molecular weight excluding hydrogens is 394 g/mol. The van der Waals surface area contributed by atoms with Crippen molar-refractivity contribution in [1.82, 2.24) is 9.47 Å². The second kappa shape index (κ2) is 6.60. The Hall–Kier alpha value is -2.30. The maximum Gasteiger partial charge on any atom is 0.232 e. The molecule has 1 N–H and O–H groups in total. The van der Waals surface area contributed by atoms with Crippen LogP contribution in [0.25, 0.3) is 10.9 Å². The monoisotopic (exact) mass is 419 g/mol. The Balaban J connectivity index is 1.40. The van der Waals surface area contributed by atoms with Gasteiger partial charge in [-0.15, -0.1) is 0 Å². The van der Waals surface area contributed by atoms with Gasteiger partial charge in [0.1, 0.15) is 0 Å². The van der Waals surface area contributed by atoms with Crippen molar-refractivity contribution in [3.8, 4) is 0 Å². The Bertz CT molecular complexity index is 1150. The minimum absolute atomic E-state index is 0.147. The van der Waals surface area contributed by atoms with E-state index in [2.05, 4.69) is 34.0 Å². The van der Waals surface area contributed by atoms with Crippen LogP contribution in [0.2, 0.25) is 5.02 Å². The van der Waals surface area contributed by atoms with Crippen molar-refractivity contribution in [3.63, 3.8) is 0 Å². The number of hydrogen-bond donors (Lipinski definition) is 1. The highest BCUT2D eigenvalue weighted by atomic mass is 35.5. The van der Waals surface area contributed by atoms with Gasteiger partial charge >= 0.3 is 0 Å². The van der Waals surface area contributed by atoms with Crippen LogP contribution in [-0.4, -0.2) is 28.5 Å². The molecule has 6 rings (SSSR count). The highest BCUT2D eigenvalue weighted by molar-refractivity contribution is 6.31. The predicted molar refractivity (Wildman–Crippen MR) is 121 cm³/mol. The SMILES string of the molecule is CN1C2CCC1c1c(n(CC3(C(=O)Nc4ccccc4)CC3)c3ccc(Cl)cc13)C2. The van der Waals surface area contributed by atoms with E-state index < -0.39 is 0 Å². The van der Waals surface area contributed by atoms with Gasteiger partial charge in [-0.25, -0.2) is 0 Å². The van der Waals surface area contributed by atoms with Gasteiger partial charge in [0.15, 0.2) is 0 Å². The van der Waals surface area contributed by atoms with E-state index in [9.17, 15) is 4.79 Å². The molecule has 0 radical (unpaired) electrons. The topological polar surface area (TPSA) is 37.3 Å². The number of fused-ring (bicyclic) bond motifs is 6. The van der Waals surface area contributed by atoms with Crippen LogP contribution in [0.4, 0.5) is 5.69 Å². The molecule has 5 heteroatoms. The number of amides is 1. The van der Waals surface area contributed by atoms with Crippen LogP contribution in [-0.2, 0) is 17.8 Å². The number of carbonyl (C=O) groups excluding carboxylic acids is 1. The molecule has 154 valence electrons. The summed E-state index contributed by atoms with van der Waals surface area (Å²) in [4.78, 5) is 15.8.